The molecule has 2 N–H and O–H groups in total. The monoisotopic (exact) mass is 245 g/mol. The van der Waals surface area contributed by atoms with E-state index in [0.29, 0.717) is 6.04 Å². The number of carboxylic acids is 1. The zero-order valence-corrected chi connectivity index (χ0v) is 10.9. The molecule has 0 bridgehead atoms. The predicted molar refractivity (Wildman–Crippen MR) is 64.3 cm³/mol. The van der Waals surface area contributed by atoms with Gasteiger partial charge in [-0.25, -0.2) is 4.79 Å². The van der Waals surface area contributed by atoms with Crippen LogP contribution in [-0.2, 0) is 9.53 Å². The minimum Gasteiger partial charge on any atom is -0.480 e. The zero-order valence-electron chi connectivity index (χ0n) is 9.95. The van der Waals surface area contributed by atoms with Crippen molar-refractivity contribution in [2.75, 3.05) is 6.61 Å². The van der Waals surface area contributed by atoms with Gasteiger partial charge in [-0.05, 0) is 6.04 Å². The number of alkyl carbamates (subject to hydrolysis) is 1. The van der Waals surface area contributed by atoms with E-state index in [-0.39, 0.29) is 6.61 Å². The number of nitrogens with one attached hydrogen (secondary N) is 1. The molecule has 16 heavy (non-hydrogen) atoms. The second-order valence-electron chi connectivity index (χ2n) is 4.69. The SMILES string of the molecule is C=CCOC(=O)NC(C[Si](C)(C)C)C(=O)O. The summed E-state index contributed by atoms with van der Waals surface area (Å²) in [7, 11) is -1.55. The van der Waals surface area contributed by atoms with Crippen molar-refractivity contribution in [1.82, 2.24) is 5.32 Å². The van der Waals surface area contributed by atoms with Gasteiger partial charge in [0.15, 0.2) is 0 Å². The maximum Gasteiger partial charge on any atom is 0.408 e. The molecule has 0 saturated carbocycles. The van der Waals surface area contributed by atoms with Crippen LogP contribution in [0.25, 0.3) is 0 Å². The molecule has 5 nitrogen and oxygen atoms in total. The highest BCUT2D eigenvalue weighted by Crippen LogP contribution is 2.11. The van der Waals surface area contributed by atoms with Crippen LogP contribution >= 0.6 is 0 Å². The van der Waals surface area contributed by atoms with E-state index in [0.717, 1.165) is 0 Å². The standard InChI is InChI=1S/C10H19NO4Si/c1-5-6-15-10(14)11-8(9(12)13)7-16(2,3)4/h5,8H,1,6-7H2,2-4H3,(H,11,14)(H,12,13). The summed E-state index contributed by atoms with van der Waals surface area (Å²) < 4.78 is 4.67. The molecule has 0 aliphatic rings. The number of aliphatic carboxylic acids is 1. The summed E-state index contributed by atoms with van der Waals surface area (Å²) in [4.78, 5) is 22.1. The van der Waals surface area contributed by atoms with E-state index in [2.05, 4.69) is 16.6 Å². The Kier molecular flexibility index (Phi) is 5.80. The normalized spacial score (nSPS) is 12.7. The fourth-order valence-corrected chi connectivity index (χ4v) is 2.63. The van der Waals surface area contributed by atoms with Crippen LogP contribution in [0.1, 0.15) is 0 Å². The lowest BCUT2D eigenvalue weighted by atomic mass is 10.3. The average molecular weight is 245 g/mol. The lowest BCUT2D eigenvalue weighted by Gasteiger charge is -2.21. The molecule has 6 heteroatoms. The Balaban J connectivity index is 4.29. The van der Waals surface area contributed by atoms with Crippen molar-refractivity contribution in [3.63, 3.8) is 0 Å². The van der Waals surface area contributed by atoms with Gasteiger partial charge < -0.3 is 15.2 Å². The molecule has 0 aliphatic carbocycles. The molecule has 0 saturated heterocycles. The summed E-state index contributed by atoms with van der Waals surface area (Å²) in [6.45, 7) is 9.59. The van der Waals surface area contributed by atoms with Crippen molar-refractivity contribution in [1.29, 1.82) is 0 Å². The van der Waals surface area contributed by atoms with Crippen LogP contribution in [0.3, 0.4) is 0 Å². The maximum absolute atomic E-state index is 11.2. The van der Waals surface area contributed by atoms with Crippen LogP contribution in [0.5, 0.6) is 0 Å². The molecule has 0 radical (unpaired) electrons. The van der Waals surface area contributed by atoms with Gasteiger partial charge in [0.05, 0.1) is 0 Å². The molecule has 0 aliphatic heterocycles. The topological polar surface area (TPSA) is 75.6 Å². The van der Waals surface area contributed by atoms with Crippen molar-refractivity contribution >= 4 is 20.1 Å². The van der Waals surface area contributed by atoms with Crippen molar-refractivity contribution in [3.8, 4) is 0 Å². The lowest BCUT2D eigenvalue weighted by molar-refractivity contribution is -0.138. The van der Waals surface area contributed by atoms with Crippen LogP contribution in [0.15, 0.2) is 12.7 Å². The third-order valence-corrected chi connectivity index (χ3v) is 3.37. The van der Waals surface area contributed by atoms with Crippen LogP contribution in [0.4, 0.5) is 4.79 Å². The van der Waals surface area contributed by atoms with E-state index in [9.17, 15) is 9.59 Å². The molecular weight excluding hydrogens is 226 g/mol. The van der Waals surface area contributed by atoms with E-state index in [1.807, 2.05) is 19.6 Å². The first-order valence-corrected chi connectivity index (χ1v) is 8.74. The number of carbonyl (C=O) groups excluding carboxylic acids is 1. The Morgan fingerprint density at radius 1 is 1.50 bits per heavy atom. The van der Waals surface area contributed by atoms with Crippen LogP contribution in [0, 0.1) is 0 Å². The van der Waals surface area contributed by atoms with Crippen molar-refractivity contribution < 1.29 is 19.4 Å². The number of ether oxygens (including phenoxy) is 1. The molecule has 0 rings (SSSR count). The van der Waals surface area contributed by atoms with Gasteiger partial charge in [0.2, 0.25) is 0 Å². The summed E-state index contributed by atoms with van der Waals surface area (Å²) in [5.74, 6) is -1.03. The number of carboxylic acid groups (broad SMARTS) is 1. The summed E-state index contributed by atoms with van der Waals surface area (Å²) >= 11 is 0. The van der Waals surface area contributed by atoms with E-state index >= 15 is 0 Å². The molecular formula is C10H19NO4Si. The minimum atomic E-state index is -1.55. The summed E-state index contributed by atoms with van der Waals surface area (Å²) in [6, 6.07) is -0.394. The van der Waals surface area contributed by atoms with E-state index in [1.165, 1.54) is 6.08 Å². The fourth-order valence-electron chi connectivity index (χ4n) is 1.13. The van der Waals surface area contributed by atoms with Gasteiger partial charge >= 0.3 is 12.1 Å². The molecule has 0 spiro atoms. The molecule has 0 fully saturated rings. The molecule has 0 aromatic carbocycles. The molecule has 1 atom stereocenters. The molecule has 1 unspecified atom stereocenters. The first-order valence-electron chi connectivity index (χ1n) is 5.03. The Labute approximate surface area is 96.5 Å². The third kappa shape index (κ3) is 7.05. The Hall–Kier alpha value is -1.30. The van der Waals surface area contributed by atoms with Crippen LogP contribution in [0.2, 0.25) is 25.7 Å². The lowest BCUT2D eigenvalue weighted by Crippen LogP contribution is -2.45. The Morgan fingerprint density at radius 3 is 2.44 bits per heavy atom. The third-order valence-electron chi connectivity index (χ3n) is 1.74. The average Bonchev–Trinajstić information content (AvgIpc) is 2.11. The maximum atomic E-state index is 11.2. The second-order valence-corrected chi connectivity index (χ2v) is 10.2. The largest absolute Gasteiger partial charge is 0.480 e. The van der Waals surface area contributed by atoms with Gasteiger partial charge in [0, 0.05) is 8.07 Å². The molecule has 0 heterocycles. The van der Waals surface area contributed by atoms with E-state index < -0.39 is 26.2 Å². The van der Waals surface area contributed by atoms with Crippen molar-refractivity contribution in [2.24, 2.45) is 0 Å². The van der Waals surface area contributed by atoms with Gasteiger partial charge in [-0.1, -0.05) is 32.3 Å². The number of rotatable bonds is 6. The smallest absolute Gasteiger partial charge is 0.408 e. The molecule has 1 amide bonds. The van der Waals surface area contributed by atoms with E-state index in [4.69, 9.17) is 5.11 Å². The van der Waals surface area contributed by atoms with E-state index in [1.54, 1.807) is 0 Å². The second kappa shape index (κ2) is 6.32. The highest BCUT2D eigenvalue weighted by Gasteiger charge is 2.27. The van der Waals surface area contributed by atoms with Gasteiger partial charge in [0.1, 0.15) is 12.6 Å². The first kappa shape index (κ1) is 14.7. The van der Waals surface area contributed by atoms with Gasteiger partial charge in [-0.3, -0.25) is 4.79 Å². The molecule has 92 valence electrons. The summed E-state index contributed by atoms with van der Waals surface area (Å²) in [6.07, 6.45) is 0.707. The minimum absolute atomic E-state index is 0.0745. The number of hydrogen-bond donors (Lipinski definition) is 2. The Morgan fingerprint density at radius 2 is 2.06 bits per heavy atom. The van der Waals surface area contributed by atoms with Gasteiger partial charge in [-0.2, -0.15) is 0 Å². The first-order chi connectivity index (χ1) is 7.26. The highest BCUT2D eigenvalue weighted by molar-refractivity contribution is 6.76. The van der Waals surface area contributed by atoms with Crippen LogP contribution in [-0.4, -0.2) is 37.9 Å². The number of amides is 1. The van der Waals surface area contributed by atoms with Crippen molar-refractivity contribution in [2.45, 2.75) is 31.7 Å². The predicted octanol–water partition coefficient (Wildman–Crippen LogP) is 1.69. The highest BCUT2D eigenvalue weighted by atomic mass is 28.3. The quantitative estimate of drug-likeness (QED) is 0.551. The molecule has 0 aromatic rings. The van der Waals surface area contributed by atoms with Crippen LogP contribution < -0.4 is 5.32 Å². The number of carbonyl (C=O) groups is 2. The van der Waals surface area contributed by atoms with Gasteiger partial charge in [0.25, 0.3) is 0 Å². The summed E-state index contributed by atoms with van der Waals surface area (Å²) in [5, 5.41) is 11.3. The zero-order chi connectivity index (χ0) is 12.8. The number of hydrogen-bond acceptors (Lipinski definition) is 3. The Bertz CT molecular complexity index is 272. The van der Waals surface area contributed by atoms with Crippen molar-refractivity contribution in [3.05, 3.63) is 12.7 Å². The van der Waals surface area contributed by atoms with Gasteiger partial charge in [-0.15, -0.1) is 0 Å². The fraction of sp³-hybridized carbons (Fsp3) is 0.600. The summed E-state index contributed by atoms with van der Waals surface area (Å²) in [5.41, 5.74) is 0. The molecule has 0 aromatic heterocycles.